The highest BCUT2D eigenvalue weighted by Gasteiger charge is 2.13. The maximum atomic E-state index is 11.7. The monoisotopic (exact) mass is 267 g/mol. The molecule has 0 aliphatic carbocycles. The number of hydrogen-bond donors (Lipinski definition) is 1. The maximum absolute atomic E-state index is 11.7. The molecule has 0 spiro atoms. The van der Waals surface area contributed by atoms with Crippen molar-refractivity contribution in [2.75, 3.05) is 5.43 Å². The van der Waals surface area contributed by atoms with Gasteiger partial charge in [-0.3, -0.25) is 0 Å². The summed E-state index contributed by atoms with van der Waals surface area (Å²) in [6.07, 6.45) is 0. The van der Waals surface area contributed by atoms with Gasteiger partial charge in [-0.05, 0) is 36.4 Å². The quantitative estimate of drug-likeness (QED) is 0.659. The van der Waals surface area contributed by atoms with E-state index in [4.69, 9.17) is 23.2 Å². The van der Waals surface area contributed by atoms with E-state index >= 15 is 0 Å². The van der Waals surface area contributed by atoms with Crippen molar-refractivity contribution in [2.45, 2.75) is 0 Å². The van der Waals surface area contributed by atoms with E-state index in [9.17, 15) is 4.91 Å². The van der Waals surface area contributed by atoms with E-state index in [-0.39, 0.29) is 0 Å². The van der Waals surface area contributed by atoms with Crippen molar-refractivity contribution < 1.29 is 4.87 Å². The fourth-order valence-corrected chi connectivity index (χ4v) is 1.53. The van der Waals surface area contributed by atoms with Crippen LogP contribution in [0.15, 0.2) is 48.5 Å². The van der Waals surface area contributed by atoms with Crippen LogP contribution in [0.4, 0.5) is 11.4 Å². The average molecular weight is 268 g/mol. The summed E-state index contributed by atoms with van der Waals surface area (Å²) in [6, 6.07) is 13.5. The molecular weight excluding hydrogens is 259 g/mol. The normalized spacial score (nSPS) is 10.0. The molecule has 17 heavy (non-hydrogen) atoms. The number of nitrogens with one attached hydrogen (secondary N) is 1. The molecule has 0 unspecified atom stereocenters. The minimum atomic E-state index is 0.476. The second-order valence-corrected chi connectivity index (χ2v) is 4.26. The average Bonchev–Trinajstić information content (AvgIpc) is 2.33. The fraction of sp³-hybridized carbons (Fsp3) is 0. The zero-order valence-corrected chi connectivity index (χ0v) is 10.2. The van der Waals surface area contributed by atoms with E-state index in [1.54, 1.807) is 48.5 Å². The van der Waals surface area contributed by atoms with Gasteiger partial charge in [-0.25, -0.2) is 0 Å². The summed E-state index contributed by atoms with van der Waals surface area (Å²) in [5.41, 5.74) is 3.82. The number of anilines is 1. The number of nitroso groups, excluding NO2 is 1. The lowest BCUT2D eigenvalue weighted by Crippen LogP contribution is -2.09. The van der Waals surface area contributed by atoms with Crippen molar-refractivity contribution in [3.8, 4) is 0 Å². The Bertz CT molecular complexity index is 523. The topological polar surface area (TPSA) is 32.1 Å². The number of hydrogen-bond acceptors (Lipinski definition) is 1. The molecule has 2 aromatic carbocycles. The van der Waals surface area contributed by atoms with Crippen LogP contribution in [-0.4, -0.2) is 4.87 Å². The molecule has 0 atom stereocenters. The summed E-state index contributed by atoms with van der Waals surface area (Å²) in [7, 11) is 0. The molecule has 0 fully saturated rings. The van der Waals surface area contributed by atoms with Crippen LogP contribution >= 0.6 is 23.2 Å². The number of hydrazine groups is 1. The van der Waals surface area contributed by atoms with E-state index in [0.29, 0.717) is 26.3 Å². The highest BCUT2D eigenvalue weighted by molar-refractivity contribution is 6.30. The van der Waals surface area contributed by atoms with Crippen LogP contribution in [-0.2, 0) is 0 Å². The van der Waals surface area contributed by atoms with Crippen LogP contribution in [0.3, 0.4) is 0 Å². The van der Waals surface area contributed by atoms with Gasteiger partial charge < -0.3 is 0 Å². The Balaban J connectivity index is 2.11. The molecule has 0 saturated carbocycles. The minimum absolute atomic E-state index is 0.476. The first-order valence-electron chi connectivity index (χ1n) is 4.90. The van der Waals surface area contributed by atoms with Crippen molar-refractivity contribution in [1.29, 1.82) is 0 Å². The van der Waals surface area contributed by atoms with Gasteiger partial charge in [-0.1, -0.05) is 23.2 Å². The number of halogens is 2. The third-order valence-electron chi connectivity index (χ3n) is 2.14. The summed E-state index contributed by atoms with van der Waals surface area (Å²) in [5.74, 6) is 0. The highest BCUT2D eigenvalue weighted by atomic mass is 35.5. The predicted molar refractivity (Wildman–Crippen MR) is 69.8 cm³/mol. The highest BCUT2D eigenvalue weighted by Crippen LogP contribution is 2.18. The zero-order chi connectivity index (χ0) is 12.3. The van der Waals surface area contributed by atoms with Gasteiger partial charge >= 0.3 is 0 Å². The summed E-state index contributed by atoms with van der Waals surface area (Å²) in [5, 5.41) is 1.22. The van der Waals surface area contributed by atoms with E-state index in [1.165, 1.54) is 0 Å². The molecule has 0 amide bonds. The maximum Gasteiger partial charge on any atom is 0.292 e. The Morgan fingerprint density at radius 1 is 0.824 bits per heavy atom. The molecule has 1 N–H and O–H groups in total. The second-order valence-electron chi connectivity index (χ2n) is 3.39. The molecule has 5 heteroatoms. The first-order chi connectivity index (χ1) is 8.15. The standard InChI is InChI=1S/C12H9Cl2N2O/c13-9-1-5-11(6-2-9)15-16(17)12-7-3-10(14)4-8-12/h1-8H,(H,15,17)/q+1. The minimum Gasteiger partial charge on any atom is -0.114 e. The summed E-state index contributed by atoms with van der Waals surface area (Å²) >= 11 is 11.5. The van der Waals surface area contributed by atoms with Crippen LogP contribution in [0.1, 0.15) is 0 Å². The van der Waals surface area contributed by atoms with Gasteiger partial charge in [-0.15, -0.1) is 5.43 Å². The van der Waals surface area contributed by atoms with Crippen molar-refractivity contribution in [3.05, 3.63) is 63.5 Å². The van der Waals surface area contributed by atoms with Gasteiger partial charge in [0.05, 0.1) is 4.91 Å². The van der Waals surface area contributed by atoms with Crippen LogP contribution in [0.25, 0.3) is 0 Å². The Morgan fingerprint density at radius 2 is 1.29 bits per heavy atom. The second kappa shape index (κ2) is 5.17. The van der Waals surface area contributed by atoms with Gasteiger partial charge in [-0.2, -0.15) is 0 Å². The summed E-state index contributed by atoms with van der Waals surface area (Å²) in [4.78, 5) is 12.4. The lowest BCUT2D eigenvalue weighted by atomic mass is 10.3. The van der Waals surface area contributed by atoms with Crippen LogP contribution in [0.2, 0.25) is 10.0 Å². The molecule has 2 aromatic rings. The molecule has 0 saturated heterocycles. The van der Waals surface area contributed by atoms with Crippen LogP contribution in [0, 0.1) is 4.91 Å². The molecule has 0 aliphatic rings. The molecule has 3 nitrogen and oxygen atoms in total. The molecule has 0 radical (unpaired) electrons. The summed E-state index contributed by atoms with van der Waals surface area (Å²) < 4.78 is 0. The molecule has 0 aliphatic heterocycles. The fourth-order valence-electron chi connectivity index (χ4n) is 1.28. The van der Waals surface area contributed by atoms with E-state index in [2.05, 4.69) is 5.43 Å². The molecule has 86 valence electrons. The molecule has 0 heterocycles. The van der Waals surface area contributed by atoms with Crippen LogP contribution < -0.4 is 5.43 Å². The number of nitrogens with zero attached hydrogens (tertiary/aromatic N) is 1. The molecule has 0 bridgehead atoms. The lowest BCUT2D eigenvalue weighted by molar-refractivity contribution is -0.427. The van der Waals surface area contributed by atoms with Gasteiger partial charge in [0.2, 0.25) is 0 Å². The first-order valence-corrected chi connectivity index (χ1v) is 5.66. The summed E-state index contributed by atoms with van der Waals surface area (Å²) in [6.45, 7) is 0. The third kappa shape index (κ3) is 3.19. The van der Waals surface area contributed by atoms with E-state index in [1.807, 2.05) is 0 Å². The Hall–Kier alpha value is -1.58. The SMILES string of the molecule is O=[N+](Nc1ccc(Cl)cc1)c1ccc(Cl)cc1. The smallest absolute Gasteiger partial charge is 0.114 e. The number of rotatable bonds is 3. The predicted octanol–water partition coefficient (Wildman–Crippen LogP) is 4.43. The van der Waals surface area contributed by atoms with Crippen molar-refractivity contribution in [1.82, 2.24) is 0 Å². The molecular formula is C12H9Cl2N2O+. The Labute approximate surface area is 109 Å². The van der Waals surface area contributed by atoms with E-state index in [0.717, 1.165) is 0 Å². The Morgan fingerprint density at radius 3 is 1.82 bits per heavy atom. The van der Waals surface area contributed by atoms with Crippen molar-refractivity contribution >= 4 is 34.6 Å². The Kier molecular flexibility index (Phi) is 3.61. The largest absolute Gasteiger partial charge is 0.292 e. The third-order valence-corrected chi connectivity index (χ3v) is 2.64. The molecule has 2 rings (SSSR count). The lowest BCUT2D eigenvalue weighted by Gasteiger charge is -1.97. The van der Waals surface area contributed by atoms with E-state index < -0.39 is 0 Å². The number of benzene rings is 2. The van der Waals surface area contributed by atoms with Gasteiger partial charge in [0.15, 0.2) is 4.87 Å². The van der Waals surface area contributed by atoms with Gasteiger partial charge in [0.25, 0.3) is 5.69 Å². The first kappa shape index (κ1) is 11.9. The van der Waals surface area contributed by atoms with Crippen LogP contribution in [0.5, 0.6) is 0 Å². The zero-order valence-electron chi connectivity index (χ0n) is 8.73. The van der Waals surface area contributed by atoms with Crippen molar-refractivity contribution in [2.24, 2.45) is 0 Å². The van der Waals surface area contributed by atoms with Gasteiger partial charge in [0, 0.05) is 22.2 Å². The van der Waals surface area contributed by atoms with Crippen molar-refractivity contribution in [3.63, 3.8) is 0 Å². The molecule has 0 aromatic heterocycles. The van der Waals surface area contributed by atoms with Gasteiger partial charge in [0.1, 0.15) is 5.69 Å².